The third kappa shape index (κ3) is 3.91. The second-order valence-corrected chi connectivity index (χ2v) is 7.02. The van der Waals surface area contributed by atoms with Crippen LogP contribution < -0.4 is 15.3 Å². The molecule has 0 saturated carbocycles. The Bertz CT molecular complexity index is 533. The molecule has 0 aliphatic carbocycles. The van der Waals surface area contributed by atoms with Crippen molar-refractivity contribution in [3.05, 3.63) is 15.4 Å². The van der Waals surface area contributed by atoms with Crippen LogP contribution in [-0.4, -0.2) is 26.0 Å². The largest absolute Gasteiger partial charge is 0.329 e. The van der Waals surface area contributed by atoms with Crippen molar-refractivity contribution in [2.24, 2.45) is 5.73 Å². The van der Waals surface area contributed by atoms with E-state index in [0.717, 1.165) is 12.8 Å². The van der Waals surface area contributed by atoms with Gasteiger partial charge in [0, 0.05) is 18.3 Å². The number of hydrogen-bond acceptors (Lipinski definition) is 5. The molecular weight excluding hydrogens is 274 g/mol. The third-order valence-electron chi connectivity index (χ3n) is 2.54. The van der Waals surface area contributed by atoms with Gasteiger partial charge in [0.2, 0.25) is 0 Å². The van der Waals surface area contributed by atoms with E-state index in [1.807, 2.05) is 6.92 Å². The van der Waals surface area contributed by atoms with Crippen LogP contribution in [0.1, 0.15) is 31.9 Å². The molecule has 1 heterocycles. The SMILES string of the molecule is CCCCC(CN)NS(=O)(=O)c1sc(=O)[nH]c1C. The van der Waals surface area contributed by atoms with Gasteiger partial charge >= 0.3 is 4.87 Å². The third-order valence-corrected chi connectivity index (χ3v) is 5.66. The summed E-state index contributed by atoms with van der Waals surface area (Å²) in [5, 5.41) is 0. The number of nitrogens with one attached hydrogen (secondary N) is 2. The van der Waals surface area contributed by atoms with E-state index in [-0.39, 0.29) is 21.7 Å². The predicted molar refractivity (Wildman–Crippen MR) is 72.4 cm³/mol. The molecule has 0 aliphatic rings. The molecule has 0 spiro atoms. The van der Waals surface area contributed by atoms with E-state index in [0.29, 0.717) is 23.5 Å². The van der Waals surface area contributed by atoms with Gasteiger partial charge in [-0.15, -0.1) is 0 Å². The zero-order valence-corrected chi connectivity index (χ0v) is 12.2. The second kappa shape index (κ2) is 6.46. The average molecular weight is 293 g/mol. The van der Waals surface area contributed by atoms with Crippen LogP contribution in [-0.2, 0) is 10.0 Å². The molecule has 0 fully saturated rings. The summed E-state index contributed by atoms with van der Waals surface area (Å²) in [6.07, 6.45) is 2.59. The van der Waals surface area contributed by atoms with E-state index in [2.05, 4.69) is 9.71 Å². The highest BCUT2D eigenvalue weighted by Crippen LogP contribution is 2.16. The maximum absolute atomic E-state index is 12.1. The number of unbranched alkanes of at least 4 members (excludes halogenated alkanes) is 1. The Morgan fingerprint density at radius 2 is 2.17 bits per heavy atom. The standard InChI is InChI=1S/C10H19N3O3S2/c1-3-4-5-8(6-11)13-18(15,16)9-7(2)12-10(14)17-9/h8,13H,3-6,11H2,1-2H3,(H,12,14). The number of H-pyrrole nitrogens is 1. The van der Waals surface area contributed by atoms with Crippen molar-refractivity contribution in [1.82, 2.24) is 9.71 Å². The Kier molecular flexibility index (Phi) is 5.51. The first-order valence-electron chi connectivity index (χ1n) is 5.82. The van der Waals surface area contributed by atoms with Gasteiger partial charge in [0.05, 0.1) is 0 Å². The molecule has 0 amide bonds. The van der Waals surface area contributed by atoms with Crippen LogP contribution in [0.2, 0.25) is 0 Å². The van der Waals surface area contributed by atoms with Gasteiger partial charge in [-0.3, -0.25) is 4.79 Å². The van der Waals surface area contributed by atoms with Crippen LogP contribution in [0.4, 0.5) is 0 Å². The van der Waals surface area contributed by atoms with Crippen LogP contribution in [0.5, 0.6) is 0 Å². The van der Waals surface area contributed by atoms with Crippen LogP contribution in [0.15, 0.2) is 9.00 Å². The topological polar surface area (TPSA) is 105 Å². The highest BCUT2D eigenvalue weighted by Gasteiger charge is 2.23. The van der Waals surface area contributed by atoms with Gasteiger partial charge in [0.1, 0.15) is 0 Å². The van der Waals surface area contributed by atoms with Gasteiger partial charge in [-0.1, -0.05) is 31.1 Å². The molecule has 0 aliphatic heterocycles. The summed E-state index contributed by atoms with van der Waals surface area (Å²) in [4.78, 5) is 13.2. The van der Waals surface area contributed by atoms with E-state index in [1.54, 1.807) is 6.92 Å². The number of aromatic amines is 1. The maximum Gasteiger partial charge on any atom is 0.305 e. The number of sulfonamides is 1. The van der Waals surface area contributed by atoms with Gasteiger partial charge in [-0.2, -0.15) is 0 Å². The van der Waals surface area contributed by atoms with E-state index >= 15 is 0 Å². The normalized spacial score (nSPS) is 13.7. The van der Waals surface area contributed by atoms with Crippen LogP contribution >= 0.6 is 11.3 Å². The molecular formula is C10H19N3O3S2. The molecule has 1 aromatic heterocycles. The molecule has 0 radical (unpaired) electrons. The molecule has 18 heavy (non-hydrogen) atoms. The Morgan fingerprint density at radius 3 is 2.61 bits per heavy atom. The number of thiazole rings is 1. The van der Waals surface area contributed by atoms with Crippen LogP contribution in [0.25, 0.3) is 0 Å². The first-order chi connectivity index (χ1) is 8.40. The van der Waals surface area contributed by atoms with E-state index < -0.39 is 10.0 Å². The van der Waals surface area contributed by atoms with Gasteiger partial charge < -0.3 is 10.7 Å². The Hall–Kier alpha value is -0.700. The minimum Gasteiger partial charge on any atom is -0.329 e. The van der Waals surface area contributed by atoms with Gasteiger partial charge in [0.25, 0.3) is 10.0 Å². The van der Waals surface area contributed by atoms with Gasteiger partial charge in [-0.25, -0.2) is 13.1 Å². The molecule has 1 aromatic rings. The number of aromatic nitrogens is 1. The second-order valence-electron chi connectivity index (χ2n) is 4.12. The zero-order chi connectivity index (χ0) is 13.8. The lowest BCUT2D eigenvalue weighted by Gasteiger charge is -2.15. The van der Waals surface area contributed by atoms with Crippen molar-refractivity contribution in [2.75, 3.05) is 6.54 Å². The minimum atomic E-state index is -3.65. The summed E-state index contributed by atoms with van der Waals surface area (Å²) in [6, 6.07) is -0.286. The number of hydrogen-bond donors (Lipinski definition) is 3. The fourth-order valence-corrected chi connectivity index (χ4v) is 4.20. The quantitative estimate of drug-likeness (QED) is 0.682. The smallest absolute Gasteiger partial charge is 0.305 e. The molecule has 1 rings (SSSR count). The fraction of sp³-hybridized carbons (Fsp3) is 0.700. The molecule has 1 unspecified atom stereocenters. The minimum absolute atomic E-state index is 0.0439. The molecule has 0 bridgehead atoms. The Balaban J connectivity index is 2.87. The molecule has 8 heteroatoms. The fourth-order valence-electron chi connectivity index (χ4n) is 1.60. The molecule has 104 valence electrons. The maximum atomic E-state index is 12.1. The van der Waals surface area contributed by atoms with Crippen molar-refractivity contribution in [3.8, 4) is 0 Å². The summed E-state index contributed by atoms with van der Waals surface area (Å²) >= 11 is 0.695. The van der Waals surface area contributed by atoms with E-state index in [4.69, 9.17) is 5.73 Å². The molecule has 0 aromatic carbocycles. The monoisotopic (exact) mass is 293 g/mol. The molecule has 4 N–H and O–H groups in total. The Labute approximate surface area is 111 Å². The number of rotatable bonds is 7. The summed E-state index contributed by atoms with van der Waals surface area (Å²) in [6.45, 7) is 3.84. The summed E-state index contributed by atoms with van der Waals surface area (Å²) in [7, 11) is -3.65. The van der Waals surface area contributed by atoms with Crippen molar-refractivity contribution in [1.29, 1.82) is 0 Å². The molecule has 6 nitrogen and oxygen atoms in total. The molecule has 1 atom stereocenters. The van der Waals surface area contributed by atoms with Crippen molar-refractivity contribution in [3.63, 3.8) is 0 Å². The lowest BCUT2D eigenvalue weighted by molar-refractivity contribution is 0.517. The number of nitrogens with two attached hydrogens (primary N) is 1. The van der Waals surface area contributed by atoms with E-state index in [9.17, 15) is 13.2 Å². The lowest BCUT2D eigenvalue weighted by atomic mass is 10.1. The van der Waals surface area contributed by atoms with Crippen LogP contribution in [0.3, 0.4) is 0 Å². The highest BCUT2D eigenvalue weighted by molar-refractivity contribution is 7.91. The van der Waals surface area contributed by atoms with Gasteiger partial charge in [0.15, 0.2) is 4.21 Å². The van der Waals surface area contributed by atoms with Crippen molar-refractivity contribution in [2.45, 2.75) is 43.4 Å². The summed E-state index contributed by atoms with van der Waals surface area (Å²) in [5.41, 5.74) is 5.91. The molecule has 0 saturated heterocycles. The van der Waals surface area contributed by atoms with Crippen molar-refractivity contribution < 1.29 is 8.42 Å². The summed E-state index contributed by atoms with van der Waals surface area (Å²) in [5.74, 6) is 0. The van der Waals surface area contributed by atoms with Crippen LogP contribution in [0, 0.1) is 6.92 Å². The van der Waals surface area contributed by atoms with Gasteiger partial charge in [-0.05, 0) is 13.3 Å². The van der Waals surface area contributed by atoms with E-state index in [1.165, 1.54) is 0 Å². The summed E-state index contributed by atoms with van der Waals surface area (Å²) < 4.78 is 26.8. The predicted octanol–water partition coefficient (Wildman–Crippen LogP) is 0.541. The Morgan fingerprint density at radius 1 is 1.50 bits per heavy atom. The number of aryl methyl sites for hydroxylation is 1. The first kappa shape index (κ1) is 15.4. The highest BCUT2D eigenvalue weighted by atomic mass is 32.2. The zero-order valence-electron chi connectivity index (χ0n) is 10.5. The van der Waals surface area contributed by atoms with Crippen molar-refractivity contribution >= 4 is 21.4 Å². The lowest BCUT2D eigenvalue weighted by Crippen LogP contribution is -2.40. The first-order valence-corrected chi connectivity index (χ1v) is 8.12. The average Bonchev–Trinajstić information content (AvgIpc) is 2.64.